The van der Waals surface area contributed by atoms with Gasteiger partial charge < -0.3 is 10.0 Å². The zero-order valence-corrected chi connectivity index (χ0v) is 8.36. The number of hydrogen-bond donors (Lipinski definition) is 1. The molecule has 0 aromatic rings. The third-order valence-electron chi connectivity index (χ3n) is 2.63. The van der Waals surface area contributed by atoms with E-state index in [1.54, 1.807) is 4.90 Å². The molecule has 1 N–H and O–H groups in total. The Kier molecular flexibility index (Phi) is 3.69. The summed E-state index contributed by atoms with van der Waals surface area (Å²) in [5.74, 6) is 0.141. The SMILES string of the molecule is CCN1CCN(C)C(=O)C1CCO. The molecular weight excluding hydrogens is 168 g/mol. The predicted octanol–water partition coefficient (Wildman–Crippen LogP) is -0.469. The molecule has 1 fully saturated rings. The lowest BCUT2D eigenvalue weighted by atomic mass is 10.1. The van der Waals surface area contributed by atoms with Gasteiger partial charge in [-0.15, -0.1) is 0 Å². The molecule has 1 aliphatic rings. The van der Waals surface area contributed by atoms with Gasteiger partial charge >= 0.3 is 0 Å². The van der Waals surface area contributed by atoms with Crippen molar-refractivity contribution in [3.63, 3.8) is 0 Å². The van der Waals surface area contributed by atoms with Crippen LogP contribution in [0.3, 0.4) is 0 Å². The third-order valence-corrected chi connectivity index (χ3v) is 2.63. The number of aliphatic hydroxyl groups excluding tert-OH is 1. The van der Waals surface area contributed by atoms with Crippen LogP contribution in [0.15, 0.2) is 0 Å². The van der Waals surface area contributed by atoms with Crippen LogP contribution in [0.25, 0.3) is 0 Å². The van der Waals surface area contributed by atoms with E-state index in [4.69, 9.17) is 5.11 Å². The van der Waals surface area contributed by atoms with Gasteiger partial charge in [0.2, 0.25) is 5.91 Å². The molecule has 0 saturated carbocycles. The summed E-state index contributed by atoms with van der Waals surface area (Å²) in [5, 5.41) is 8.84. The number of likely N-dealkylation sites (N-methyl/N-ethyl adjacent to an activating group) is 2. The molecule has 1 saturated heterocycles. The van der Waals surface area contributed by atoms with Crippen LogP contribution in [-0.4, -0.2) is 60.1 Å². The molecule has 0 aliphatic carbocycles. The Morgan fingerprint density at radius 3 is 2.77 bits per heavy atom. The van der Waals surface area contributed by atoms with Crippen LogP contribution >= 0.6 is 0 Å². The van der Waals surface area contributed by atoms with Crippen molar-refractivity contribution >= 4 is 5.91 Å². The Morgan fingerprint density at radius 2 is 2.23 bits per heavy atom. The van der Waals surface area contributed by atoms with Gasteiger partial charge in [0.1, 0.15) is 0 Å². The van der Waals surface area contributed by atoms with E-state index in [0.29, 0.717) is 6.42 Å². The Labute approximate surface area is 79.1 Å². The zero-order chi connectivity index (χ0) is 9.84. The summed E-state index contributed by atoms with van der Waals surface area (Å²) in [5.41, 5.74) is 0. The number of carbonyl (C=O) groups is 1. The number of nitrogens with zero attached hydrogens (tertiary/aromatic N) is 2. The topological polar surface area (TPSA) is 43.8 Å². The number of amides is 1. The van der Waals surface area contributed by atoms with Crippen molar-refractivity contribution in [2.45, 2.75) is 19.4 Å². The Bertz CT molecular complexity index is 184. The highest BCUT2D eigenvalue weighted by atomic mass is 16.3. The fraction of sp³-hybridized carbons (Fsp3) is 0.889. The van der Waals surface area contributed by atoms with Gasteiger partial charge in [-0.25, -0.2) is 0 Å². The predicted molar refractivity (Wildman–Crippen MR) is 50.4 cm³/mol. The highest BCUT2D eigenvalue weighted by molar-refractivity contribution is 5.82. The lowest BCUT2D eigenvalue weighted by Gasteiger charge is -2.38. The lowest BCUT2D eigenvalue weighted by molar-refractivity contribution is -0.140. The van der Waals surface area contributed by atoms with Crippen molar-refractivity contribution in [2.24, 2.45) is 0 Å². The average molecular weight is 186 g/mol. The quantitative estimate of drug-likeness (QED) is 0.648. The van der Waals surface area contributed by atoms with Crippen LogP contribution in [-0.2, 0) is 4.79 Å². The maximum Gasteiger partial charge on any atom is 0.239 e. The zero-order valence-electron chi connectivity index (χ0n) is 8.36. The molecule has 76 valence electrons. The molecule has 0 aromatic carbocycles. The minimum atomic E-state index is -0.103. The van der Waals surface area contributed by atoms with Crippen molar-refractivity contribution < 1.29 is 9.90 Å². The first-order valence-corrected chi connectivity index (χ1v) is 4.80. The number of carbonyl (C=O) groups excluding carboxylic acids is 1. The van der Waals surface area contributed by atoms with Crippen molar-refractivity contribution in [1.29, 1.82) is 0 Å². The Balaban J connectivity index is 2.63. The molecule has 0 aromatic heterocycles. The molecule has 0 bridgehead atoms. The van der Waals surface area contributed by atoms with Gasteiger partial charge in [-0.2, -0.15) is 0 Å². The van der Waals surface area contributed by atoms with Crippen LogP contribution in [0.2, 0.25) is 0 Å². The summed E-state index contributed by atoms with van der Waals surface area (Å²) in [6.07, 6.45) is 0.553. The van der Waals surface area contributed by atoms with Crippen LogP contribution in [0.4, 0.5) is 0 Å². The van der Waals surface area contributed by atoms with E-state index >= 15 is 0 Å². The number of aliphatic hydroxyl groups is 1. The normalized spacial score (nSPS) is 25.3. The first-order chi connectivity index (χ1) is 6.20. The molecule has 1 atom stereocenters. The fourth-order valence-corrected chi connectivity index (χ4v) is 1.76. The van der Waals surface area contributed by atoms with E-state index in [-0.39, 0.29) is 18.6 Å². The highest BCUT2D eigenvalue weighted by Gasteiger charge is 2.31. The molecule has 0 spiro atoms. The summed E-state index contributed by atoms with van der Waals surface area (Å²) < 4.78 is 0. The second-order valence-electron chi connectivity index (χ2n) is 3.42. The molecule has 4 nitrogen and oxygen atoms in total. The van der Waals surface area contributed by atoms with E-state index in [1.807, 2.05) is 14.0 Å². The Hall–Kier alpha value is -0.610. The molecule has 1 rings (SSSR count). The Morgan fingerprint density at radius 1 is 1.54 bits per heavy atom. The lowest BCUT2D eigenvalue weighted by Crippen LogP contribution is -2.55. The van der Waals surface area contributed by atoms with Gasteiger partial charge in [-0.05, 0) is 13.0 Å². The van der Waals surface area contributed by atoms with Gasteiger partial charge in [0.25, 0.3) is 0 Å². The summed E-state index contributed by atoms with van der Waals surface area (Å²) in [6.45, 7) is 4.73. The van der Waals surface area contributed by atoms with Crippen molar-refractivity contribution in [3.05, 3.63) is 0 Å². The molecule has 1 amide bonds. The molecule has 0 radical (unpaired) electrons. The number of piperazine rings is 1. The molecule has 1 aliphatic heterocycles. The van der Waals surface area contributed by atoms with Gasteiger partial charge in [0, 0.05) is 26.7 Å². The number of hydrogen-bond acceptors (Lipinski definition) is 3. The summed E-state index contributed by atoms with van der Waals surface area (Å²) in [7, 11) is 1.82. The summed E-state index contributed by atoms with van der Waals surface area (Å²) in [6, 6.07) is -0.103. The summed E-state index contributed by atoms with van der Waals surface area (Å²) in [4.78, 5) is 15.5. The van der Waals surface area contributed by atoms with Crippen LogP contribution in [0.1, 0.15) is 13.3 Å². The third kappa shape index (κ3) is 2.19. The van der Waals surface area contributed by atoms with E-state index in [1.165, 1.54) is 0 Å². The molecule has 13 heavy (non-hydrogen) atoms. The van der Waals surface area contributed by atoms with Crippen molar-refractivity contribution in [2.75, 3.05) is 33.3 Å². The molecule has 1 heterocycles. The molecule has 4 heteroatoms. The van der Waals surface area contributed by atoms with Crippen molar-refractivity contribution in [3.8, 4) is 0 Å². The largest absolute Gasteiger partial charge is 0.396 e. The van der Waals surface area contributed by atoms with E-state index in [2.05, 4.69) is 4.90 Å². The van der Waals surface area contributed by atoms with Gasteiger partial charge in [0.15, 0.2) is 0 Å². The minimum absolute atomic E-state index is 0.0841. The maximum atomic E-state index is 11.7. The van der Waals surface area contributed by atoms with Crippen LogP contribution in [0.5, 0.6) is 0 Å². The monoisotopic (exact) mass is 186 g/mol. The smallest absolute Gasteiger partial charge is 0.239 e. The van der Waals surface area contributed by atoms with Gasteiger partial charge in [-0.1, -0.05) is 6.92 Å². The first kappa shape index (κ1) is 10.5. The maximum absolute atomic E-state index is 11.7. The fourth-order valence-electron chi connectivity index (χ4n) is 1.76. The van der Waals surface area contributed by atoms with E-state index < -0.39 is 0 Å². The second-order valence-corrected chi connectivity index (χ2v) is 3.42. The molecule has 1 unspecified atom stereocenters. The average Bonchev–Trinajstić information content (AvgIpc) is 2.14. The van der Waals surface area contributed by atoms with Gasteiger partial charge in [-0.3, -0.25) is 9.69 Å². The summed E-state index contributed by atoms with van der Waals surface area (Å²) >= 11 is 0. The minimum Gasteiger partial charge on any atom is -0.396 e. The van der Waals surface area contributed by atoms with Crippen LogP contribution in [0, 0.1) is 0 Å². The van der Waals surface area contributed by atoms with E-state index in [9.17, 15) is 4.79 Å². The highest BCUT2D eigenvalue weighted by Crippen LogP contribution is 2.12. The number of rotatable bonds is 3. The van der Waals surface area contributed by atoms with E-state index in [0.717, 1.165) is 19.6 Å². The van der Waals surface area contributed by atoms with Crippen molar-refractivity contribution in [1.82, 2.24) is 9.80 Å². The standard InChI is InChI=1S/C9H18N2O2/c1-3-11-6-5-10(2)9(13)8(11)4-7-12/h8,12H,3-7H2,1-2H3. The second kappa shape index (κ2) is 4.58. The van der Waals surface area contributed by atoms with Gasteiger partial charge in [0.05, 0.1) is 6.04 Å². The van der Waals surface area contributed by atoms with Crippen LogP contribution < -0.4 is 0 Å². The molecular formula is C9H18N2O2. The first-order valence-electron chi connectivity index (χ1n) is 4.80.